The van der Waals surface area contributed by atoms with Gasteiger partial charge in [0.1, 0.15) is 5.75 Å². The van der Waals surface area contributed by atoms with Gasteiger partial charge in [0.2, 0.25) is 10.0 Å². The Labute approximate surface area is 182 Å². The second kappa shape index (κ2) is 9.49. The molecule has 0 unspecified atom stereocenters. The van der Waals surface area contributed by atoms with Crippen molar-refractivity contribution >= 4 is 33.4 Å². The maximum absolute atomic E-state index is 12.9. The van der Waals surface area contributed by atoms with Crippen LogP contribution in [0.15, 0.2) is 52.3 Å². The lowest BCUT2D eigenvalue weighted by molar-refractivity contribution is -0.0328. The second-order valence-electron chi connectivity index (χ2n) is 6.85. The van der Waals surface area contributed by atoms with E-state index in [4.69, 9.17) is 4.74 Å². The van der Waals surface area contributed by atoms with E-state index in [0.29, 0.717) is 13.1 Å². The van der Waals surface area contributed by atoms with E-state index in [-0.39, 0.29) is 38.6 Å². The number of thioether (sulfide) groups is 1. The first kappa shape index (κ1) is 23.4. The van der Waals surface area contributed by atoms with Crippen LogP contribution >= 0.6 is 11.8 Å². The molecule has 2 aromatic carbocycles. The molecule has 0 spiro atoms. The number of alkyl halides is 3. The highest BCUT2D eigenvalue weighted by Crippen LogP contribution is 2.37. The number of halogens is 3. The molecule has 1 N–H and O–H groups in total. The van der Waals surface area contributed by atoms with Crippen LogP contribution in [0.1, 0.15) is 29.6 Å². The van der Waals surface area contributed by atoms with Crippen LogP contribution in [0, 0.1) is 0 Å². The number of benzene rings is 2. The zero-order valence-electron chi connectivity index (χ0n) is 16.6. The van der Waals surface area contributed by atoms with E-state index >= 15 is 0 Å². The van der Waals surface area contributed by atoms with Gasteiger partial charge >= 0.3 is 5.51 Å². The first-order valence-electron chi connectivity index (χ1n) is 9.45. The lowest BCUT2D eigenvalue weighted by atomic mass is 10.2. The number of nitrogens with one attached hydrogen (secondary N) is 1. The van der Waals surface area contributed by atoms with E-state index in [2.05, 4.69) is 5.32 Å². The van der Waals surface area contributed by atoms with Crippen LogP contribution in [-0.4, -0.2) is 44.3 Å². The summed E-state index contributed by atoms with van der Waals surface area (Å²) < 4.78 is 69.9. The molecule has 1 aliphatic heterocycles. The van der Waals surface area contributed by atoms with Crippen molar-refractivity contribution in [2.45, 2.75) is 34.6 Å². The van der Waals surface area contributed by atoms with Crippen molar-refractivity contribution in [1.82, 2.24) is 4.31 Å². The molecule has 2 aromatic rings. The number of sulfonamides is 1. The molecule has 1 amide bonds. The highest BCUT2D eigenvalue weighted by molar-refractivity contribution is 8.00. The fourth-order valence-electron chi connectivity index (χ4n) is 3.20. The van der Waals surface area contributed by atoms with E-state index in [1.54, 1.807) is 0 Å². The predicted molar refractivity (Wildman–Crippen MR) is 112 cm³/mol. The normalized spacial score (nSPS) is 15.5. The number of hydrogen-bond acceptors (Lipinski definition) is 5. The van der Waals surface area contributed by atoms with Crippen LogP contribution in [0.3, 0.4) is 0 Å². The first-order valence-corrected chi connectivity index (χ1v) is 11.7. The maximum Gasteiger partial charge on any atom is 0.446 e. The molecule has 168 valence electrons. The fraction of sp³-hybridized carbons (Fsp3) is 0.350. The molecule has 1 fully saturated rings. The number of ether oxygens (including phenoxy) is 1. The third-order valence-electron chi connectivity index (χ3n) is 4.72. The molecule has 11 heteroatoms. The zero-order chi connectivity index (χ0) is 22.6. The number of anilines is 1. The van der Waals surface area contributed by atoms with Crippen LogP contribution in [0.25, 0.3) is 0 Å². The topological polar surface area (TPSA) is 75.7 Å². The van der Waals surface area contributed by atoms with Crippen molar-refractivity contribution in [1.29, 1.82) is 0 Å². The number of nitrogens with zero attached hydrogens (tertiary/aromatic N) is 1. The summed E-state index contributed by atoms with van der Waals surface area (Å²) in [5.74, 6) is -0.343. The van der Waals surface area contributed by atoms with Gasteiger partial charge in [-0.3, -0.25) is 4.79 Å². The van der Waals surface area contributed by atoms with E-state index in [1.807, 2.05) is 0 Å². The highest BCUT2D eigenvalue weighted by atomic mass is 32.2. The number of amides is 1. The van der Waals surface area contributed by atoms with Crippen LogP contribution in [0.4, 0.5) is 18.9 Å². The summed E-state index contributed by atoms with van der Waals surface area (Å²) in [6.45, 7) is 0.886. The van der Waals surface area contributed by atoms with Gasteiger partial charge in [0.05, 0.1) is 17.7 Å². The summed E-state index contributed by atoms with van der Waals surface area (Å²) in [6.07, 6.45) is 2.57. The van der Waals surface area contributed by atoms with Crippen molar-refractivity contribution in [2.24, 2.45) is 0 Å². The zero-order valence-corrected chi connectivity index (χ0v) is 18.2. The third-order valence-corrected chi connectivity index (χ3v) is 7.36. The average Bonchev–Trinajstić information content (AvgIpc) is 2.73. The van der Waals surface area contributed by atoms with Crippen LogP contribution in [0.5, 0.6) is 5.75 Å². The average molecular weight is 475 g/mol. The van der Waals surface area contributed by atoms with Gasteiger partial charge in [-0.25, -0.2) is 8.42 Å². The Kier molecular flexibility index (Phi) is 7.17. The molecule has 0 bridgehead atoms. The lowest BCUT2D eigenvalue weighted by Crippen LogP contribution is -2.35. The lowest BCUT2D eigenvalue weighted by Gasteiger charge is -2.26. The number of carbonyl (C=O) groups excluding carboxylic acids is 1. The fourth-order valence-corrected chi connectivity index (χ4v) is 5.29. The van der Waals surface area contributed by atoms with Crippen molar-refractivity contribution < 1.29 is 31.1 Å². The van der Waals surface area contributed by atoms with Crippen molar-refractivity contribution in [3.8, 4) is 5.75 Å². The Morgan fingerprint density at radius 3 is 2.29 bits per heavy atom. The van der Waals surface area contributed by atoms with Crippen LogP contribution in [-0.2, 0) is 10.0 Å². The van der Waals surface area contributed by atoms with Crippen LogP contribution in [0.2, 0.25) is 0 Å². The summed E-state index contributed by atoms with van der Waals surface area (Å²) in [7, 11) is -2.33. The molecule has 3 rings (SSSR count). The van der Waals surface area contributed by atoms with E-state index < -0.39 is 21.4 Å². The third kappa shape index (κ3) is 5.92. The van der Waals surface area contributed by atoms with Gasteiger partial charge in [0, 0.05) is 23.5 Å². The quantitative estimate of drug-likeness (QED) is 0.613. The Morgan fingerprint density at radius 2 is 1.71 bits per heavy atom. The van der Waals surface area contributed by atoms with Crippen molar-refractivity contribution in [2.75, 3.05) is 25.5 Å². The Balaban J connectivity index is 1.81. The smallest absolute Gasteiger partial charge is 0.446 e. The summed E-state index contributed by atoms with van der Waals surface area (Å²) in [5, 5.41) is 2.58. The Hall–Kier alpha value is -2.24. The summed E-state index contributed by atoms with van der Waals surface area (Å²) in [6, 6.07) is 9.13. The molecule has 0 saturated carbocycles. The summed E-state index contributed by atoms with van der Waals surface area (Å²) in [5.41, 5.74) is -4.14. The molecular weight excluding hydrogens is 453 g/mol. The molecule has 1 saturated heterocycles. The molecule has 0 atom stereocenters. The van der Waals surface area contributed by atoms with Crippen molar-refractivity contribution in [3.05, 3.63) is 48.0 Å². The van der Waals surface area contributed by atoms with Gasteiger partial charge in [-0.1, -0.05) is 6.42 Å². The number of carbonyl (C=O) groups is 1. The van der Waals surface area contributed by atoms with Gasteiger partial charge in [-0.05, 0) is 67.1 Å². The van der Waals surface area contributed by atoms with E-state index in [0.717, 1.165) is 19.3 Å². The minimum atomic E-state index is -4.42. The number of hydrogen-bond donors (Lipinski definition) is 1. The SMILES string of the molecule is COc1ccc(S(=O)(=O)N2CCCCC2)cc1NC(=O)c1ccc(SC(F)(F)F)cc1. The van der Waals surface area contributed by atoms with Crippen LogP contribution < -0.4 is 10.1 Å². The molecule has 1 heterocycles. The molecule has 0 aliphatic carbocycles. The van der Waals surface area contributed by atoms with Gasteiger partial charge in [0.15, 0.2) is 0 Å². The largest absolute Gasteiger partial charge is 0.495 e. The Morgan fingerprint density at radius 1 is 1.06 bits per heavy atom. The van der Waals surface area contributed by atoms with Gasteiger partial charge in [-0.15, -0.1) is 0 Å². The number of piperidine rings is 1. The van der Waals surface area contributed by atoms with Gasteiger partial charge in [0.25, 0.3) is 5.91 Å². The monoisotopic (exact) mass is 474 g/mol. The van der Waals surface area contributed by atoms with Gasteiger partial charge in [-0.2, -0.15) is 17.5 Å². The van der Waals surface area contributed by atoms with E-state index in [1.165, 1.54) is 53.9 Å². The molecule has 31 heavy (non-hydrogen) atoms. The molecule has 0 radical (unpaired) electrons. The minimum Gasteiger partial charge on any atom is -0.495 e. The number of methoxy groups -OCH3 is 1. The molecule has 0 aromatic heterocycles. The summed E-state index contributed by atoms with van der Waals surface area (Å²) >= 11 is -0.274. The molecule has 6 nitrogen and oxygen atoms in total. The maximum atomic E-state index is 12.9. The molecular formula is C20H21F3N2O4S2. The number of rotatable bonds is 6. The molecule has 1 aliphatic rings. The minimum absolute atomic E-state index is 0.0300. The second-order valence-corrected chi connectivity index (χ2v) is 9.93. The van der Waals surface area contributed by atoms with Gasteiger partial charge < -0.3 is 10.1 Å². The standard InChI is InChI=1S/C20H21F3N2O4S2/c1-29-18-10-9-16(31(27,28)25-11-3-2-4-12-25)13-17(18)24-19(26)14-5-7-15(8-6-14)30-20(21,22)23/h5-10,13H,2-4,11-12H2,1H3,(H,24,26). The first-order chi connectivity index (χ1) is 14.6. The predicted octanol–water partition coefficient (Wildman–Crippen LogP) is 4.73. The highest BCUT2D eigenvalue weighted by Gasteiger charge is 2.29. The van der Waals surface area contributed by atoms with Crippen molar-refractivity contribution in [3.63, 3.8) is 0 Å². The summed E-state index contributed by atoms with van der Waals surface area (Å²) in [4.78, 5) is 12.6. The Bertz CT molecular complexity index is 1040. The van der Waals surface area contributed by atoms with E-state index in [9.17, 15) is 26.4 Å².